The molecule has 0 bridgehead atoms. The summed E-state index contributed by atoms with van der Waals surface area (Å²) in [5.74, 6) is 0.864. The molecule has 3 rings (SSSR count). The number of rotatable bonds is 7. The zero-order chi connectivity index (χ0) is 20.3. The van der Waals surface area contributed by atoms with E-state index in [1.165, 1.54) is 0 Å². The molecular formula is C19H23N5O4. The van der Waals surface area contributed by atoms with Gasteiger partial charge in [-0.2, -0.15) is 10.1 Å². The van der Waals surface area contributed by atoms with Gasteiger partial charge in [-0.3, -0.25) is 9.48 Å². The molecule has 1 amide bonds. The molecule has 0 aliphatic carbocycles. The summed E-state index contributed by atoms with van der Waals surface area (Å²) >= 11 is 0. The Bertz CT molecular complexity index is 992. The van der Waals surface area contributed by atoms with Gasteiger partial charge in [0, 0.05) is 29.9 Å². The van der Waals surface area contributed by atoms with Crippen LogP contribution in [0.5, 0.6) is 11.5 Å². The van der Waals surface area contributed by atoms with E-state index in [0.717, 1.165) is 23.5 Å². The third-order valence-corrected chi connectivity index (χ3v) is 4.52. The maximum atomic E-state index is 12.4. The fraction of sp³-hybridized carbons (Fsp3) is 0.368. The van der Waals surface area contributed by atoms with E-state index in [4.69, 9.17) is 14.0 Å². The summed E-state index contributed by atoms with van der Waals surface area (Å²) in [4.78, 5) is 16.6. The van der Waals surface area contributed by atoms with Gasteiger partial charge in [-0.25, -0.2) is 0 Å². The molecule has 1 aromatic carbocycles. The van der Waals surface area contributed by atoms with Crippen molar-refractivity contribution in [3.05, 3.63) is 41.0 Å². The number of methoxy groups -OCH3 is 2. The first kappa shape index (κ1) is 19.4. The molecule has 0 atom stereocenters. The molecule has 0 aliphatic rings. The van der Waals surface area contributed by atoms with E-state index in [-0.39, 0.29) is 11.7 Å². The summed E-state index contributed by atoms with van der Waals surface area (Å²) in [5, 5.41) is 11.1. The van der Waals surface area contributed by atoms with Crippen LogP contribution in [0.25, 0.3) is 11.4 Å². The number of carbonyl (C=O) groups is 1. The van der Waals surface area contributed by atoms with Gasteiger partial charge in [0.05, 0.1) is 19.9 Å². The van der Waals surface area contributed by atoms with E-state index in [0.29, 0.717) is 23.6 Å². The molecule has 2 heterocycles. The van der Waals surface area contributed by atoms with Crippen molar-refractivity contribution >= 4 is 5.91 Å². The number of aromatic nitrogens is 4. The van der Waals surface area contributed by atoms with E-state index in [2.05, 4.69) is 20.6 Å². The lowest BCUT2D eigenvalue weighted by atomic mass is 10.2. The van der Waals surface area contributed by atoms with Crippen molar-refractivity contribution in [1.29, 1.82) is 0 Å². The van der Waals surface area contributed by atoms with Crippen molar-refractivity contribution in [3.8, 4) is 22.9 Å². The summed E-state index contributed by atoms with van der Waals surface area (Å²) < 4.78 is 17.5. The van der Waals surface area contributed by atoms with Crippen LogP contribution in [0.2, 0.25) is 0 Å². The van der Waals surface area contributed by atoms with Crippen LogP contribution < -0.4 is 14.8 Å². The Kier molecular flexibility index (Phi) is 5.62. The molecule has 3 aromatic rings. The van der Waals surface area contributed by atoms with Crippen molar-refractivity contribution < 1.29 is 18.8 Å². The van der Waals surface area contributed by atoms with Gasteiger partial charge in [0.2, 0.25) is 5.82 Å². The molecule has 0 saturated heterocycles. The van der Waals surface area contributed by atoms with Gasteiger partial charge in [-0.1, -0.05) is 5.16 Å². The highest BCUT2D eigenvalue weighted by Gasteiger charge is 2.19. The Balaban J connectivity index is 1.73. The molecule has 0 saturated carbocycles. The third-order valence-electron chi connectivity index (χ3n) is 4.52. The van der Waals surface area contributed by atoms with Crippen LogP contribution >= 0.6 is 0 Å². The first-order chi connectivity index (χ1) is 13.5. The minimum atomic E-state index is -0.442. The molecule has 0 unspecified atom stereocenters. The maximum Gasteiger partial charge on any atom is 0.316 e. The minimum Gasteiger partial charge on any atom is -0.493 e. The van der Waals surface area contributed by atoms with E-state index in [1.54, 1.807) is 32.4 Å². The zero-order valence-corrected chi connectivity index (χ0v) is 16.6. The van der Waals surface area contributed by atoms with Gasteiger partial charge in [0.1, 0.15) is 0 Å². The summed E-state index contributed by atoms with van der Waals surface area (Å²) in [6.07, 6.45) is 0. The smallest absolute Gasteiger partial charge is 0.316 e. The largest absolute Gasteiger partial charge is 0.493 e. The van der Waals surface area contributed by atoms with Crippen LogP contribution in [0.4, 0.5) is 0 Å². The Morgan fingerprint density at radius 1 is 1.21 bits per heavy atom. The molecule has 28 heavy (non-hydrogen) atoms. The number of nitrogens with one attached hydrogen (secondary N) is 1. The monoisotopic (exact) mass is 385 g/mol. The SMILES string of the molecule is CCn1nc(C)c(CNC(=O)c2nc(-c3ccc(OC)c(OC)c3)no2)c1C. The van der Waals surface area contributed by atoms with Crippen LogP contribution in [0.3, 0.4) is 0 Å². The quantitative estimate of drug-likeness (QED) is 0.666. The van der Waals surface area contributed by atoms with Crippen LogP contribution in [0, 0.1) is 13.8 Å². The van der Waals surface area contributed by atoms with Gasteiger partial charge in [0.15, 0.2) is 11.5 Å². The van der Waals surface area contributed by atoms with Gasteiger partial charge in [-0.15, -0.1) is 0 Å². The summed E-state index contributed by atoms with van der Waals surface area (Å²) in [6.45, 7) is 7.04. The normalized spacial score (nSPS) is 10.8. The van der Waals surface area contributed by atoms with Gasteiger partial charge >= 0.3 is 11.8 Å². The highest BCUT2D eigenvalue weighted by molar-refractivity contribution is 5.89. The molecule has 0 radical (unpaired) electrons. The second-order valence-corrected chi connectivity index (χ2v) is 6.14. The molecule has 1 N–H and O–H groups in total. The molecule has 9 heteroatoms. The number of benzene rings is 1. The lowest BCUT2D eigenvalue weighted by Crippen LogP contribution is -2.23. The van der Waals surface area contributed by atoms with Crippen molar-refractivity contribution in [3.63, 3.8) is 0 Å². The van der Waals surface area contributed by atoms with Crippen LogP contribution in [-0.2, 0) is 13.1 Å². The minimum absolute atomic E-state index is 0.108. The van der Waals surface area contributed by atoms with Crippen LogP contribution in [0.15, 0.2) is 22.7 Å². The average Bonchev–Trinajstić information content (AvgIpc) is 3.31. The predicted molar refractivity (Wildman–Crippen MR) is 101 cm³/mol. The van der Waals surface area contributed by atoms with Gasteiger partial charge in [0.25, 0.3) is 0 Å². The summed E-state index contributed by atoms with van der Waals surface area (Å²) in [6, 6.07) is 5.22. The number of nitrogens with zero attached hydrogens (tertiary/aromatic N) is 4. The third kappa shape index (κ3) is 3.68. The molecule has 0 fully saturated rings. The molecule has 9 nitrogen and oxygen atoms in total. The molecule has 148 valence electrons. The number of carbonyl (C=O) groups excluding carboxylic acids is 1. The number of amides is 1. The summed E-state index contributed by atoms with van der Waals surface area (Å²) in [5.41, 5.74) is 3.54. The topological polar surface area (TPSA) is 104 Å². The second-order valence-electron chi connectivity index (χ2n) is 6.14. The van der Waals surface area contributed by atoms with Gasteiger partial charge < -0.3 is 19.3 Å². The number of aryl methyl sites for hydroxylation is 2. The highest BCUT2D eigenvalue weighted by atomic mass is 16.5. The Labute approximate surface area is 162 Å². The molecular weight excluding hydrogens is 362 g/mol. The summed E-state index contributed by atoms with van der Waals surface area (Å²) in [7, 11) is 3.10. The fourth-order valence-electron chi connectivity index (χ4n) is 2.95. The van der Waals surface area contributed by atoms with Crippen LogP contribution in [-0.4, -0.2) is 40.0 Å². The van der Waals surface area contributed by atoms with Gasteiger partial charge in [-0.05, 0) is 39.0 Å². The lowest BCUT2D eigenvalue weighted by molar-refractivity contribution is 0.0907. The molecule has 0 aliphatic heterocycles. The lowest BCUT2D eigenvalue weighted by Gasteiger charge is -2.07. The van der Waals surface area contributed by atoms with Crippen molar-refractivity contribution in [2.75, 3.05) is 14.2 Å². The second kappa shape index (κ2) is 8.12. The van der Waals surface area contributed by atoms with E-state index in [9.17, 15) is 4.79 Å². The van der Waals surface area contributed by atoms with Crippen molar-refractivity contribution in [1.82, 2.24) is 25.2 Å². The van der Waals surface area contributed by atoms with E-state index >= 15 is 0 Å². The first-order valence-corrected chi connectivity index (χ1v) is 8.85. The predicted octanol–water partition coefficient (Wildman–Crippen LogP) is 2.52. The standard InChI is InChI=1S/C19H23N5O4/c1-6-24-12(3)14(11(2)22-24)10-20-18(25)19-21-17(23-28-19)13-7-8-15(26-4)16(9-13)27-5/h7-9H,6,10H2,1-5H3,(H,20,25). The Morgan fingerprint density at radius 2 is 1.96 bits per heavy atom. The van der Waals surface area contributed by atoms with Crippen molar-refractivity contribution in [2.45, 2.75) is 33.9 Å². The zero-order valence-electron chi connectivity index (χ0n) is 16.6. The Hall–Kier alpha value is -3.36. The maximum absolute atomic E-state index is 12.4. The number of ether oxygens (including phenoxy) is 2. The molecule has 2 aromatic heterocycles. The number of hydrogen-bond donors (Lipinski definition) is 1. The Morgan fingerprint density at radius 3 is 2.61 bits per heavy atom. The first-order valence-electron chi connectivity index (χ1n) is 8.85. The highest BCUT2D eigenvalue weighted by Crippen LogP contribution is 2.31. The van der Waals surface area contributed by atoms with Crippen molar-refractivity contribution in [2.24, 2.45) is 0 Å². The fourth-order valence-corrected chi connectivity index (χ4v) is 2.95. The van der Waals surface area contributed by atoms with Crippen LogP contribution in [0.1, 0.15) is 34.6 Å². The molecule has 0 spiro atoms. The number of hydrogen-bond acceptors (Lipinski definition) is 7. The van der Waals surface area contributed by atoms with E-state index < -0.39 is 5.91 Å². The van der Waals surface area contributed by atoms with E-state index in [1.807, 2.05) is 25.5 Å². The average molecular weight is 385 g/mol.